The first-order valence-electron chi connectivity index (χ1n) is 4.89. The number of rotatable bonds is 4. The molecule has 0 aliphatic carbocycles. The average Bonchev–Trinajstić information content (AvgIpc) is 2.29. The molecule has 2 N–H and O–H groups in total. The van der Waals surface area contributed by atoms with Gasteiger partial charge >= 0.3 is 0 Å². The van der Waals surface area contributed by atoms with Crippen LogP contribution < -0.4 is 0 Å². The number of aliphatic hydroxyl groups excluding tert-OH is 2. The number of hydrogen-bond acceptors (Lipinski definition) is 4. The van der Waals surface area contributed by atoms with Crippen LogP contribution in [0, 0.1) is 18.3 Å². The van der Waals surface area contributed by atoms with Crippen molar-refractivity contribution in [3.8, 4) is 6.07 Å². The van der Waals surface area contributed by atoms with Crippen molar-refractivity contribution in [3.05, 3.63) is 34.9 Å². The van der Waals surface area contributed by atoms with Gasteiger partial charge in [0.15, 0.2) is 0 Å². The summed E-state index contributed by atoms with van der Waals surface area (Å²) in [7, 11) is 0. The molecule has 0 spiro atoms. The number of aryl methyl sites for hydroxylation is 1. The van der Waals surface area contributed by atoms with Crippen molar-refractivity contribution >= 4 is 6.29 Å². The smallest absolute Gasteiger partial charge is 0.150 e. The summed E-state index contributed by atoms with van der Waals surface area (Å²) in [6, 6.07) is 6.64. The summed E-state index contributed by atoms with van der Waals surface area (Å²) in [6.45, 7) is 1.77. The first-order valence-corrected chi connectivity index (χ1v) is 4.89. The third-order valence-corrected chi connectivity index (χ3v) is 2.42. The molecule has 0 saturated carbocycles. The number of carbonyl (C=O) groups excluding carboxylic acids is 1. The Labute approximate surface area is 93.8 Å². The van der Waals surface area contributed by atoms with Crippen molar-refractivity contribution in [2.45, 2.75) is 25.6 Å². The topological polar surface area (TPSA) is 81.3 Å². The van der Waals surface area contributed by atoms with E-state index in [2.05, 4.69) is 0 Å². The van der Waals surface area contributed by atoms with E-state index in [4.69, 9.17) is 5.26 Å². The molecule has 1 aromatic rings. The number of benzene rings is 1. The Bertz CT molecular complexity index is 423. The Morgan fingerprint density at radius 1 is 1.50 bits per heavy atom. The Morgan fingerprint density at radius 3 is 2.75 bits per heavy atom. The maximum absolute atomic E-state index is 10.6. The molecule has 0 fully saturated rings. The molecule has 0 radical (unpaired) electrons. The van der Waals surface area contributed by atoms with Gasteiger partial charge in [-0.25, -0.2) is 0 Å². The lowest BCUT2D eigenvalue weighted by Crippen LogP contribution is -2.18. The van der Waals surface area contributed by atoms with E-state index < -0.39 is 12.2 Å². The number of nitriles is 1. The van der Waals surface area contributed by atoms with Crippen molar-refractivity contribution < 1.29 is 15.0 Å². The summed E-state index contributed by atoms with van der Waals surface area (Å²) in [5.74, 6) is 0. The second-order valence-corrected chi connectivity index (χ2v) is 3.61. The molecular weight excluding hydrogens is 206 g/mol. The quantitative estimate of drug-likeness (QED) is 0.743. The van der Waals surface area contributed by atoms with Crippen LogP contribution in [0.25, 0.3) is 0 Å². The number of aliphatic hydroxyl groups is 2. The predicted molar refractivity (Wildman–Crippen MR) is 57.8 cm³/mol. The average molecular weight is 219 g/mol. The van der Waals surface area contributed by atoms with E-state index in [9.17, 15) is 15.0 Å². The van der Waals surface area contributed by atoms with Crippen molar-refractivity contribution in [2.24, 2.45) is 0 Å². The van der Waals surface area contributed by atoms with Crippen LogP contribution in [0.1, 0.15) is 34.0 Å². The molecule has 2 atom stereocenters. The summed E-state index contributed by atoms with van der Waals surface area (Å²) >= 11 is 0. The lowest BCUT2D eigenvalue weighted by molar-refractivity contribution is 0.0212. The summed E-state index contributed by atoms with van der Waals surface area (Å²) < 4.78 is 0. The second-order valence-electron chi connectivity index (χ2n) is 3.61. The van der Waals surface area contributed by atoms with E-state index >= 15 is 0 Å². The molecule has 0 bridgehead atoms. The molecule has 4 nitrogen and oxygen atoms in total. The van der Waals surface area contributed by atoms with Crippen molar-refractivity contribution in [1.29, 1.82) is 5.26 Å². The van der Waals surface area contributed by atoms with Crippen LogP contribution in [0.2, 0.25) is 0 Å². The molecule has 2 unspecified atom stereocenters. The van der Waals surface area contributed by atoms with Crippen molar-refractivity contribution in [2.75, 3.05) is 0 Å². The van der Waals surface area contributed by atoms with Gasteiger partial charge in [0.05, 0.1) is 18.6 Å². The first-order chi connectivity index (χ1) is 7.60. The van der Waals surface area contributed by atoms with Gasteiger partial charge in [0.25, 0.3) is 0 Å². The standard InChI is InChI=1S/C12H13NO3/c1-8-2-3-9(7-14)6-10(8)12(16)11(15)4-5-13/h2-3,6-7,11-12,15-16H,4H2,1H3. The zero-order valence-electron chi connectivity index (χ0n) is 8.92. The van der Waals surface area contributed by atoms with Crippen molar-refractivity contribution in [3.63, 3.8) is 0 Å². The Balaban J connectivity index is 3.02. The summed E-state index contributed by atoms with van der Waals surface area (Å²) in [4.78, 5) is 10.6. The molecule has 16 heavy (non-hydrogen) atoms. The van der Waals surface area contributed by atoms with E-state index in [1.54, 1.807) is 25.1 Å². The van der Waals surface area contributed by atoms with E-state index in [1.165, 1.54) is 6.07 Å². The van der Waals surface area contributed by atoms with Crippen LogP contribution in [0.3, 0.4) is 0 Å². The molecule has 0 aliphatic heterocycles. The summed E-state index contributed by atoms with van der Waals surface area (Å²) in [5.41, 5.74) is 1.69. The van der Waals surface area contributed by atoms with Gasteiger partial charge in [-0.05, 0) is 24.1 Å². The third-order valence-electron chi connectivity index (χ3n) is 2.42. The molecule has 1 rings (SSSR count). The Morgan fingerprint density at radius 2 is 2.19 bits per heavy atom. The predicted octanol–water partition coefficient (Wildman–Crippen LogP) is 1.12. The van der Waals surface area contributed by atoms with Gasteiger partial charge in [-0.2, -0.15) is 5.26 Å². The molecular formula is C12H13NO3. The number of carbonyl (C=O) groups is 1. The lowest BCUT2D eigenvalue weighted by atomic mass is 9.96. The normalized spacial score (nSPS) is 13.9. The highest BCUT2D eigenvalue weighted by atomic mass is 16.3. The van der Waals surface area contributed by atoms with E-state index in [1.807, 2.05) is 0 Å². The number of aldehydes is 1. The summed E-state index contributed by atoms with van der Waals surface area (Å²) in [6.07, 6.45) is -1.75. The van der Waals surface area contributed by atoms with Gasteiger partial charge in [-0.15, -0.1) is 0 Å². The first kappa shape index (κ1) is 12.4. The molecule has 0 amide bonds. The monoisotopic (exact) mass is 219 g/mol. The molecule has 1 aromatic carbocycles. The van der Waals surface area contributed by atoms with Crippen LogP contribution in [0.4, 0.5) is 0 Å². The maximum atomic E-state index is 10.6. The minimum absolute atomic E-state index is 0.147. The van der Waals surface area contributed by atoms with Gasteiger partial charge in [0, 0.05) is 5.56 Å². The zero-order chi connectivity index (χ0) is 12.1. The van der Waals surface area contributed by atoms with Gasteiger partial charge in [0.1, 0.15) is 12.4 Å². The summed E-state index contributed by atoms with van der Waals surface area (Å²) in [5, 5.41) is 27.7. The highest BCUT2D eigenvalue weighted by Gasteiger charge is 2.19. The number of hydrogen-bond donors (Lipinski definition) is 2. The molecule has 0 aromatic heterocycles. The fourth-order valence-corrected chi connectivity index (χ4v) is 1.46. The molecule has 0 aliphatic rings. The lowest BCUT2D eigenvalue weighted by Gasteiger charge is -2.18. The Hall–Kier alpha value is -1.70. The van der Waals surface area contributed by atoms with E-state index in [0.717, 1.165) is 5.56 Å². The Kier molecular flexibility index (Phi) is 4.18. The molecule has 0 heterocycles. The highest BCUT2D eigenvalue weighted by Crippen LogP contribution is 2.23. The molecule has 4 heteroatoms. The van der Waals surface area contributed by atoms with Gasteiger partial charge in [-0.3, -0.25) is 4.79 Å². The van der Waals surface area contributed by atoms with Crippen LogP contribution in [0.5, 0.6) is 0 Å². The van der Waals surface area contributed by atoms with Crippen LogP contribution >= 0.6 is 0 Å². The van der Waals surface area contributed by atoms with Crippen LogP contribution in [-0.4, -0.2) is 22.6 Å². The van der Waals surface area contributed by atoms with Crippen LogP contribution in [-0.2, 0) is 0 Å². The van der Waals surface area contributed by atoms with Gasteiger partial charge < -0.3 is 10.2 Å². The third kappa shape index (κ3) is 2.66. The molecule has 84 valence electrons. The fraction of sp³-hybridized carbons (Fsp3) is 0.333. The zero-order valence-corrected chi connectivity index (χ0v) is 8.92. The minimum Gasteiger partial charge on any atom is -0.389 e. The number of nitrogens with zero attached hydrogens (tertiary/aromatic N) is 1. The molecule has 0 saturated heterocycles. The van der Waals surface area contributed by atoms with Crippen molar-refractivity contribution in [1.82, 2.24) is 0 Å². The van der Waals surface area contributed by atoms with E-state index in [-0.39, 0.29) is 6.42 Å². The van der Waals surface area contributed by atoms with E-state index in [0.29, 0.717) is 17.4 Å². The van der Waals surface area contributed by atoms with Crippen LogP contribution in [0.15, 0.2) is 18.2 Å². The van der Waals surface area contributed by atoms with Gasteiger partial charge in [0.2, 0.25) is 0 Å². The maximum Gasteiger partial charge on any atom is 0.150 e. The minimum atomic E-state index is -1.14. The fourth-order valence-electron chi connectivity index (χ4n) is 1.46. The largest absolute Gasteiger partial charge is 0.389 e. The highest BCUT2D eigenvalue weighted by molar-refractivity contribution is 5.75. The van der Waals surface area contributed by atoms with Gasteiger partial charge in [-0.1, -0.05) is 12.1 Å². The SMILES string of the molecule is Cc1ccc(C=O)cc1C(O)C(O)CC#N. The second kappa shape index (κ2) is 5.40.